The minimum Gasteiger partial charge on any atom is -0.385 e. The number of nitrogens with zero attached hydrogens (tertiary/aromatic N) is 2. The molecule has 0 saturated carbocycles. The number of nitrogens with two attached hydrogens (primary N) is 1. The van der Waals surface area contributed by atoms with E-state index in [0.717, 1.165) is 11.1 Å². The lowest BCUT2D eigenvalue weighted by molar-refractivity contribution is 0.628. The summed E-state index contributed by atoms with van der Waals surface area (Å²) in [5, 5.41) is 0.377. The van der Waals surface area contributed by atoms with Gasteiger partial charge in [-0.2, -0.15) is 0 Å². The van der Waals surface area contributed by atoms with Crippen molar-refractivity contribution in [3.8, 4) is 11.4 Å². The van der Waals surface area contributed by atoms with Gasteiger partial charge in [-0.05, 0) is 36.4 Å². The second kappa shape index (κ2) is 3.99. The Morgan fingerprint density at radius 2 is 1.83 bits per heavy atom. The van der Waals surface area contributed by atoms with Gasteiger partial charge in [0.05, 0.1) is 5.52 Å². The Balaban J connectivity index is 2.32. The van der Waals surface area contributed by atoms with Crippen molar-refractivity contribution < 1.29 is 4.39 Å². The first-order valence-electron chi connectivity index (χ1n) is 5.35. The minimum absolute atomic E-state index is 0.293. The average molecular weight is 262 g/mol. The van der Waals surface area contributed by atoms with Crippen LogP contribution in [0.3, 0.4) is 0 Å². The number of benzene rings is 1. The minimum atomic E-state index is -0.293. The summed E-state index contributed by atoms with van der Waals surface area (Å²) in [6, 6.07) is 11.5. The van der Waals surface area contributed by atoms with Gasteiger partial charge in [0.2, 0.25) is 0 Å². The summed E-state index contributed by atoms with van der Waals surface area (Å²) in [5.41, 5.74) is 7.42. The van der Waals surface area contributed by atoms with E-state index in [-0.39, 0.29) is 5.82 Å². The van der Waals surface area contributed by atoms with Crippen LogP contribution in [0.1, 0.15) is 0 Å². The summed E-state index contributed by atoms with van der Waals surface area (Å²) in [6.07, 6.45) is 0. The Labute approximate surface area is 108 Å². The molecule has 2 N–H and O–H groups in total. The van der Waals surface area contributed by atoms with Gasteiger partial charge in [-0.25, -0.2) is 9.37 Å². The average Bonchev–Trinajstić information content (AvgIpc) is 2.70. The fourth-order valence-corrected chi connectivity index (χ4v) is 2.14. The molecular weight excluding hydrogens is 253 g/mol. The van der Waals surface area contributed by atoms with E-state index in [1.807, 2.05) is 12.1 Å². The molecule has 0 bridgehead atoms. The summed E-state index contributed by atoms with van der Waals surface area (Å²) < 4.78 is 14.7. The highest BCUT2D eigenvalue weighted by molar-refractivity contribution is 6.33. The van der Waals surface area contributed by atoms with Crippen molar-refractivity contribution in [1.29, 1.82) is 0 Å². The Morgan fingerprint density at radius 3 is 2.56 bits per heavy atom. The van der Waals surface area contributed by atoms with Crippen LogP contribution < -0.4 is 5.73 Å². The highest BCUT2D eigenvalue weighted by atomic mass is 35.5. The molecule has 0 aliphatic carbocycles. The number of imidazole rings is 1. The molecule has 0 aliphatic heterocycles. The van der Waals surface area contributed by atoms with Gasteiger partial charge in [0.15, 0.2) is 5.15 Å². The maximum atomic E-state index is 12.9. The van der Waals surface area contributed by atoms with Crippen molar-refractivity contribution in [3.63, 3.8) is 0 Å². The zero-order chi connectivity index (χ0) is 12.7. The molecule has 0 saturated heterocycles. The first-order valence-corrected chi connectivity index (χ1v) is 5.73. The normalized spacial score (nSPS) is 11.0. The van der Waals surface area contributed by atoms with Gasteiger partial charge in [-0.1, -0.05) is 17.7 Å². The number of pyridine rings is 1. The van der Waals surface area contributed by atoms with Crippen LogP contribution in [0.5, 0.6) is 0 Å². The van der Waals surface area contributed by atoms with Crippen molar-refractivity contribution in [3.05, 3.63) is 53.4 Å². The van der Waals surface area contributed by atoms with Crippen molar-refractivity contribution in [2.45, 2.75) is 0 Å². The van der Waals surface area contributed by atoms with Crippen molar-refractivity contribution in [2.24, 2.45) is 0 Å². The second-order valence-corrected chi connectivity index (χ2v) is 4.26. The summed E-state index contributed by atoms with van der Waals surface area (Å²) >= 11 is 6.07. The zero-order valence-corrected chi connectivity index (χ0v) is 10.0. The predicted molar refractivity (Wildman–Crippen MR) is 70.0 cm³/mol. The lowest BCUT2D eigenvalue weighted by atomic mass is 10.2. The summed E-state index contributed by atoms with van der Waals surface area (Å²) in [7, 11) is 0. The van der Waals surface area contributed by atoms with E-state index in [9.17, 15) is 4.39 Å². The third-order valence-electron chi connectivity index (χ3n) is 2.75. The molecule has 0 spiro atoms. The van der Waals surface area contributed by atoms with Gasteiger partial charge in [-0.3, -0.25) is 4.40 Å². The van der Waals surface area contributed by atoms with Crippen LogP contribution in [-0.4, -0.2) is 9.38 Å². The lowest BCUT2D eigenvalue weighted by Gasteiger charge is -2.04. The predicted octanol–water partition coefficient (Wildman–Crippen LogP) is 3.38. The van der Waals surface area contributed by atoms with Crippen LogP contribution in [0.2, 0.25) is 5.15 Å². The van der Waals surface area contributed by atoms with Gasteiger partial charge < -0.3 is 5.73 Å². The lowest BCUT2D eigenvalue weighted by Crippen LogP contribution is -1.98. The molecule has 2 heterocycles. The molecule has 3 aromatic rings. The Hall–Kier alpha value is -2.07. The standard InChI is InChI=1S/C13H9ClFN3/c14-12-10-2-1-3-11(16)18(10)13(17-12)8-4-6-9(15)7-5-8/h1-7H,16H2. The fraction of sp³-hybridized carbons (Fsp3) is 0. The number of hydrogen-bond donors (Lipinski definition) is 1. The maximum absolute atomic E-state index is 12.9. The van der Waals surface area contributed by atoms with E-state index in [1.54, 1.807) is 22.6 Å². The maximum Gasteiger partial charge on any atom is 0.155 e. The van der Waals surface area contributed by atoms with Gasteiger partial charge >= 0.3 is 0 Å². The van der Waals surface area contributed by atoms with Gasteiger partial charge in [-0.15, -0.1) is 0 Å². The molecule has 5 heteroatoms. The molecule has 0 unspecified atom stereocenters. The van der Waals surface area contributed by atoms with Crippen molar-refractivity contribution in [2.75, 3.05) is 5.73 Å². The summed E-state index contributed by atoms with van der Waals surface area (Å²) in [6.45, 7) is 0. The number of fused-ring (bicyclic) bond motifs is 1. The molecule has 2 aromatic heterocycles. The van der Waals surface area contributed by atoms with Crippen LogP contribution in [0, 0.1) is 5.82 Å². The van der Waals surface area contributed by atoms with E-state index in [4.69, 9.17) is 17.3 Å². The molecular formula is C13H9ClFN3. The monoisotopic (exact) mass is 261 g/mol. The van der Waals surface area contributed by atoms with E-state index >= 15 is 0 Å². The summed E-state index contributed by atoms with van der Waals surface area (Å²) in [4.78, 5) is 4.28. The molecule has 90 valence electrons. The quantitative estimate of drug-likeness (QED) is 0.730. The van der Waals surface area contributed by atoms with E-state index < -0.39 is 0 Å². The smallest absolute Gasteiger partial charge is 0.155 e. The molecule has 0 aliphatic rings. The molecule has 18 heavy (non-hydrogen) atoms. The van der Waals surface area contributed by atoms with Gasteiger partial charge in [0.1, 0.15) is 17.5 Å². The Bertz CT molecular complexity index is 719. The van der Waals surface area contributed by atoms with Crippen LogP contribution in [-0.2, 0) is 0 Å². The fourth-order valence-electron chi connectivity index (χ4n) is 1.92. The zero-order valence-electron chi connectivity index (χ0n) is 9.27. The number of hydrogen-bond acceptors (Lipinski definition) is 2. The van der Waals surface area contributed by atoms with E-state index in [2.05, 4.69) is 4.98 Å². The molecule has 1 aromatic carbocycles. The van der Waals surface area contributed by atoms with Gasteiger partial charge in [0.25, 0.3) is 0 Å². The van der Waals surface area contributed by atoms with E-state index in [1.165, 1.54) is 12.1 Å². The van der Waals surface area contributed by atoms with Crippen LogP contribution in [0.25, 0.3) is 16.9 Å². The summed E-state index contributed by atoms with van der Waals surface area (Å²) in [5.74, 6) is 0.845. The highest BCUT2D eigenvalue weighted by Gasteiger charge is 2.12. The number of halogens is 2. The number of aromatic nitrogens is 2. The van der Waals surface area contributed by atoms with Crippen LogP contribution in [0.15, 0.2) is 42.5 Å². The highest BCUT2D eigenvalue weighted by Crippen LogP contribution is 2.28. The largest absolute Gasteiger partial charge is 0.385 e. The SMILES string of the molecule is Nc1cccc2c(Cl)nc(-c3ccc(F)cc3)n12. The third kappa shape index (κ3) is 1.62. The first-order chi connectivity index (χ1) is 8.66. The van der Waals surface area contributed by atoms with Crippen molar-refractivity contribution in [1.82, 2.24) is 9.38 Å². The first kappa shape index (κ1) is 11.0. The molecule has 0 atom stereocenters. The third-order valence-corrected chi connectivity index (χ3v) is 3.03. The van der Waals surface area contributed by atoms with Crippen molar-refractivity contribution >= 4 is 22.9 Å². The number of nitrogen functional groups attached to an aromatic ring is 1. The Kier molecular flexibility index (Phi) is 2.45. The van der Waals surface area contributed by atoms with E-state index in [0.29, 0.717) is 16.8 Å². The van der Waals surface area contributed by atoms with Crippen LogP contribution >= 0.6 is 11.6 Å². The Morgan fingerprint density at radius 1 is 1.11 bits per heavy atom. The molecule has 0 radical (unpaired) electrons. The molecule has 0 fully saturated rings. The van der Waals surface area contributed by atoms with Crippen LogP contribution in [0.4, 0.5) is 10.2 Å². The topological polar surface area (TPSA) is 43.3 Å². The molecule has 3 rings (SSSR count). The molecule has 0 amide bonds. The number of anilines is 1. The van der Waals surface area contributed by atoms with Gasteiger partial charge in [0, 0.05) is 5.56 Å². The second-order valence-electron chi connectivity index (χ2n) is 3.90. The number of rotatable bonds is 1. The molecule has 3 nitrogen and oxygen atoms in total.